The molecule has 0 unspecified atom stereocenters. The van der Waals surface area contributed by atoms with Crippen LogP contribution in [0.5, 0.6) is 0 Å². The van der Waals surface area contributed by atoms with Crippen molar-refractivity contribution < 1.29 is 0 Å². The third kappa shape index (κ3) is 3.87. The molecule has 2 aromatic rings. The van der Waals surface area contributed by atoms with E-state index in [0.717, 1.165) is 11.4 Å². The zero-order chi connectivity index (χ0) is 14.5. The second-order valence-electron chi connectivity index (χ2n) is 4.93. The lowest BCUT2D eigenvalue weighted by atomic mass is 10.1. The highest BCUT2D eigenvalue weighted by molar-refractivity contribution is 8.13. The molecular formula is C17H20N2S. The Morgan fingerprint density at radius 3 is 2.45 bits per heavy atom. The number of thioether (sulfide) groups is 1. The molecule has 2 rings (SSSR count). The van der Waals surface area contributed by atoms with E-state index in [9.17, 15) is 0 Å². The highest BCUT2D eigenvalue weighted by Crippen LogP contribution is 2.20. The van der Waals surface area contributed by atoms with E-state index in [1.54, 1.807) is 11.8 Å². The first-order valence-corrected chi connectivity index (χ1v) is 7.63. The van der Waals surface area contributed by atoms with Gasteiger partial charge < -0.3 is 5.73 Å². The number of aryl methyl sites for hydroxylation is 3. The van der Waals surface area contributed by atoms with Crippen LogP contribution < -0.4 is 5.73 Å². The summed E-state index contributed by atoms with van der Waals surface area (Å²) in [5.41, 5.74) is 12.0. The summed E-state index contributed by atoms with van der Waals surface area (Å²) in [5, 5.41) is 0.608. The molecule has 0 aliphatic carbocycles. The van der Waals surface area contributed by atoms with E-state index < -0.39 is 0 Å². The predicted molar refractivity (Wildman–Crippen MR) is 89.7 cm³/mol. The van der Waals surface area contributed by atoms with Crippen molar-refractivity contribution in [3.8, 4) is 0 Å². The monoisotopic (exact) mass is 284 g/mol. The van der Waals surface area contributed by atoms with Crippen LogP contribution in [0.3, 0.4) is 0 Å². The first kappa shape index (κ1) is 14.7. The number of aliphatic imine (C=N–C) groups is 1. The predicted octanol–water partition coefficient (Wildman–Crippen LogP) is 4.49. The SMILES string of the molecule is Cc1ccc(N=C(N)SCc2ccccc2C)cc1C. The minimum absolute atomic E-state index is 0.608. The van der Waals surface area contributed by atoms with Gasteiger partial charge in [-0.1, -0.05) is 42.1 Å². The number of rotatable bonds is 3. The van der Waals surface area contributed by atoms with E-state index in [-0.39, 0.29) is 0 Å². The van der Waals surface area contributed by atoms with E-state index in [1.807, 2.05) is 6.07 Å². The van der Waals surface area contributed by atoms with Crippen molar-refractivity contribution >= 4 is 22.6 Å². The normalized spacial score (nSPS) is 11.7. The number of nitrogens with zero attached hydrogens (tertiary/aromatic N) is 1. The van der Waals surface area contributed by atoms with Crippen molar-refractivity contribution in [1.82, 2.24) is 0 Å². The van der Waals surface area contributed by atoms with Crippen molar-refractivity contribution in [1.29, 1.82) is 0 Å². The highest BCUT2D eigenvalue weighted by Gasteiger charge is 2.01. The Morgan fingerprint density at radius 1 is 1.00 bits per heavy atom. The topological polar surface area (TPSA) is 38.4 Å². The minimum Gasteiger partial charge on any atom is -0.378 e. The van der Waals surface area contributed by atoms with Gasteiger partial charge in [0, 0.05) is 5.75 Å². The molecule has 0 heterocycles. The van der Waals surface area contributed by atoms with Gasteiger partial charge in [0.05, 0.1) is 5.69 Å². The van der Waals surface area contributed by atoms with E-state index >= 15 is 0 Å². The fraction of sp³-hybridized carbons (Fsp3) is 0.235. The summed E-state index contributed by atoms with van der Waals surface area (Å²) >= 11 is 1.58. The van der Waals surface area contributed by atoms with Crippen molar-refractivity contribution in [2.24, 2.45) is 10.7 Å². The lowest BCUT2D eigenvalue weighted by molar-refractivity contribution is 1.31. The fourth-order valence-corrected chi connectivity index (χ4v) is 2.68. The summed E-state index contributed by atoms with van der Waals surface area (Å²) in [4.78, 5) is 4.46. The van der Waals surface area contributed by atoms with Gasteiger partial charge in [-0.15, -0.1) is 0 Å². The average Bonchev–Trinajstić information content (AvgIpc) is 2.42. The number of amidine groups is 1. The third-order valence-corrected chi connectivity index (χ3v) is 4.21. The Labute approximate surface area is 125 Å². The first-order chi connectivity index (χ1) is 9.56. The van der Waals surface area contributed by atoms with Gasteiger partial charge in [-0.05, 0) is 55.2 Å². The van der Waals surface area contributed by atoms with Crippen molar-refractivity contribution in [3.63, 3.8) is 0 Å². The summed E-state index contributed by atoms with van der Waals surface area (Å²) in [7, 11) is 0. The molecule has 0 aromatic heterocycles. The highest BCUT2D eigenvalue weighted by atomic mass is 32.2. The maximum atomic E-state index is 6.00. The van der Waals surface area contributed by atoms with Crippen molar-refractivity contribution in [3.05, 3.63) is 64.7 Å². The molecule has 0 aliphatic rings. The molecule has 0 fully saturated rings. The Balaban J connectivity index is 2.04. The van der Waals surface area contributed by atoms with Crippen LogP contribution >= 0.6 is 11.8 Å². The van der Waals surface area contributed by atoms with Gasteiger partial charge in [-0.25, -0.2) is 4.99 Å². The lowest BCUT2D eigenvalue weighted by Gasteiger charge is -2.05. The molecule has 3 heteroatoms. The van der Waals surface area contributed by atoms with Gasteiger partial charge in [0.15, 0.2) is 5.17 Å². The molecule has 0 amide bonds. The van der Waals surface area contributed by atoms with Gasteiger partial charge in [-0.2, -0.15) is 0 Å². The van der Waals surface area contributed by atoms with Crippen molar-refractivity contribution in [2.75, 3.05) is 0 Å². The second-order valence-corrected chi connectivity index (χ2v) is 5.93. The van der Waals surface area contributed by atoms with Gasteiger partial charge in [0.25, 0.3) is 0 Å². The standard InChI is InChI=1S/C17H20N2S/c1-12-8-9-16(10-14(12)3)19-17(18)20-11-15-7-5-4-6-13(15)2/h4-10H,11H2,1-3H3,(H2,18,19). The van der Waals surface area contributed by atoms with E-state index in [0.29, 0.717) is 5.17 Å². The quantitative estimate of drug-likeness (QED) is 0.666. The molecule has 104 valence electrons. The Bertz CT molecular complexity index is 633. The fourth-order valence-electron chi connectivity index (χ4n) is 1.88. The van der Waals surface area contributed by atoms with E-state index in [2.05, 4.69) is 62.2 Å². The molecule has 2 aromatic carbocycles. The van der Waals surface area contributed by atoms with Gasteiger partial charge in [0.1, 0.15) is 0 Å². The van der Waals surface area contributed by atoms with Crippen LogP contribution in [-0.4, -0.2) is 5.17 Å². The molecular weight excluding hydrogens is 264 g/mol. The van der Waals surface area contributed by atoms with Gasteiger partial charge in [0.2, 0.25) is 0 Å². The molecule has 0 saturated heterocycles. The van der Waals surface area contributed by atoms with Crippen LogP contribution in [0.25, 0.3) is 0 Å². The number of benzene rings is 2. The third-order valence-electron chi connectivity index (χ3n) is 3.37. The summed E-state index contributed by atoms with van der Waals surface area (Å²) in [6.45, 7) is 6.30. The maximum absolute atomic E-state index is 6.00. The van der Waals surface area contributed by atoms with Crippen LogP contribution in [0.2, 0.25) is 0 Å². The van der Waals surface area contributed by atoms with Crippen LogP contribution in [0.4, 0.5) is 5.69 Å². The smallest absolute Gasteiger partial charge is 0.159 e. The number of hydrogen-bond donors (Lipinski definition) is 1. The zero-order valence-corrected chi connectivity index (χ0v) is 13.0. The van der Waals surface area contributed by atoms with Crippen LogP contribution in [-0.2, 0) is 5.75 Å². The average molecular weight is 284 g/mol. The summed E-state index contributed by atoms with van der Waals surface area (Å²) in [6, 6.07) is 14.5. The molecule has 0 spiro atoms. The van der Waals surface area contributed by atoms with Crippen LogP contribution in [0.1, 0.15) is 22.3 Å². The Hall–Kier alpha value is -1.74. The minimum atomic E-state index is 0.608. The molecule has 0 radical (unpaired) electrons. The van der Waals surface area contributed by atoms with E-state index in [1.165, 1.54) is 22.3 Å². The molecule has 0 bridgehead atoms. The zero-order valence-electron chi connectivity index (χ0n) is 12.2. The van der Waals surface area contributed by atoms with Crippen LogP contribution in [0.15, 0.2) is 47.5 Å². The molecule has 0 atom stereocenters. The summed E-state index contributed by atoms with van der Waals surface area (Å²) in [5.74, 6) is 0.854. The maximum Gasteiger partial charge on any atom is 0.159 e. The molecule has 0 aliphatic heterocycles. The lowest BCUT2D eigenvalue weighted by Crippen LogP contribution is -2.06. The number of hydrogen-bond acceptors (Lipinski definition) is 2. The van der Waals surface area contributed by atoms with Crippen LogP contribution in [0, 0.1) is 20.8 Å². The molecule has 2 nitrogen and oxygen atoms in total. The van der Waals surface area contributed by atoms with Gasteiger partial charge >= 0.3 is 0 Å². The largest absolute Gasteiger partial charge is 0.378 e. The van der Waals surface area contributed by atoms with E-state index in [4.69, 9.17) is 5.73 Å². The summed E-state index contributed by atoms with van der Waals surface area (Å²) in [6.07, 6.45) is 0. The second kappa shape index (κ2) is 6.62. The Kier molecular flexibility index (Phi) is 4.85. The molecule has 2 N–H and O–H groups in total. The van der Waals surface area contributed by atoms with Gasteiger partial charge in [-0.3, -0.25) is 0 Å². The van der Waals surface area contributed by atoms with Crippen molar-refractivity contribution in [2.45, 2.75) is 26.5 Å². The molecule has 0 saturated carbocycles. The number of nitrogens with two attached hydrogens (primary N) is 1. The Morgan fingerprint density at radius 2 is 1.75 bits per heavy atom. The summed E-state index contributed by atoms with van der Waals surface area (Å²) < 4.78 is 0. The first-order valence-electron chi connectivity index (χ1n) is 6.65. The molecule has 20 heavy (non-hydrogen) atoms.